The molecular formula is C18H21ClOSi. The van der Waals surface area contributed by atoms with E-state index in [0.717, 1.165) is 30.0 Å². The summed E-state index contributed by atoms with van der Waals surface area (Å²) in [5.41, 5.74) is 2.76. The minimum Gasteiger partial charge on any atom is -0.289 e. The Morgan fingerprint density at radius 2 is 1.52 bits per heavy atom. The van der Waals surface area contributed by atoms with Gasteiger partial charge in [0.25, 0.3) is 0 Å². The quantitative estimate of drug-likeness (QED) is 0.402. The van der Waals surface area contributed by atoms with E-state index in [2.05, 4.69) is 25.2 Å². The van der Waals surface area contributed by atoms with Crippen molar-refractivity contribution in [2.24, 2.45) is 0 Å². The zero-order valence-electron chi connectivity index (χ0n) is 12.6. The second kappa shape index (κ2) is 7.06. The summed E-state index contributed by atoms with van der Waals surface area (Å²) in [7, 11) is -1.47. The van der Waals surface area contributed by atoms with Gasteiger partial charge in [0, 0.05) is 11.1 Å². The minimum absolute atomic E-state index is 0.0800. The molecule has 2 aromatic rings. The highest BCUT2D eigenvalue weighted by atomic mass is 35.6. The highest BCUT2D eigenvalue weighted by Gasteiger charge is 2.15. The summed E-state index contributed by atoms with van der Waals surface area (Å²) in [4.78, 5) is 12.3. The molecule has 21 heavy (non-hydrogen) atoms. The highest BCUT2D eigenvalue weighted by Crippen LogP contribution is 2.19. The number of rotatable bonds is 6. The smallest absolute Gasteiger partial charge is 0.193 e. The molecule has 0 bridgehead atoms. The Kier molecular flexibility index (Phi) is 5.37. The molecular weight excluding hydrogens is 296 g/mol. The minimum atomic E-state index is -1.47. The van der Waals surface area contributed by atoms with Crippen molar-refractivity contribution in [3.8, 4) is 0 Å². The molecule has 0 heterocycles. The van der Waals surface area contributed by atoms with E-state index in [4.69, 9.17) is 11.1 Å². The molecule has 0 aliphatic carbocycles. The molecule has 0 unspecified atom stereocenters. The van der Waals surface area contributed by atoms with Crippen LogP contribution in [0, 0.1) is 0 Å². The summed E-state index contributed by atoms with van der Waals surface area (Å²) in [6, 6.07) is 18.5. The van der Waals surface area contributed by atoms with Gasteiger partial charge in [-0.15, -0.1) is 0 Å². The van der Waals surface area contributed by atoms with Crippen LogP contribution in [0.1, 0.15) is 27.9 Å². The lowest BCUT2D eigenvalue weighted by molar-refractivity contribution is 0.103. The Morgan fingerprint density at radius 1 is 0.952 bits per heavy atom. The van der Waals surface area contributed by atoms with Crippen molar-refractivity contribution in [2.75, 3.05) is 0 Å². The first-order chi connectivity index (χ1) is 9.96. The summed E-state index contributed by atoms with van der Waals surface area (Å²) >= 11 is 6.33. The lowest BCUT2D eigenvalue weighted by Crippen LogP contribution is -2.15. The summed E-state index contributed by atoms with van der Waals surface area (Å²) < 4.78 is 0. The van der Waals surface area contributed by atoms with Gasteiger partial charge in [0.05, 0.1) is 0 Å². The van der Waals surface area contributed by atoms with Crippen molar-refractivity contribution in [1.29, 1.82) is 0 Å². The Balaban J connectivity index is 1.98. The summed E-state index contributed by atoms with van der Waals surface area (Å²) in [6.45, 7) is 4.35. The fourth-order valence-corrected chi connectivity index (χ4v) is 3.71. The Bertz CT molecular complexity index is 585. The van der Waals surface area contributed by atoms with E-state index in [1.807, 2.05) is 42.5 Å². The first-order valence-electron chi connectivity index (χ1n) is 7.33. The summed E-state index contributed by atoms with van der Waals surface area (Å²) in [6.07, 6.45) is 2.15. The molecule has 3 heteroatoms. The predicted octanol–water partition coefficient (Wildman–Crippen LogP) is 5.29. The second-order valence-corrected chi connectivity index (χ2v) is 13.0. The largest absolute Gasteiger partial charge is 0.289 e. The fourth-order valence-electron chi connectivity index (χ4n) is 2.29. The first-order valence-corrected chi connectivity index (χ1v) is 11.6. The third-order valence-electron chi connectivity index (χ3n) is 3.49. The van der Waals surface area contributed by atoms with Crippen molar-refractivity contribution in [2.45, 2.75) is 32.0 Å². The van der Waals surface area contributed by atoms with Gasteiger partial charge >= 0.3 is 0 Å². The zero-order valence-corrected chi connectivity index (χ0v) is 14.4. The third kappa shape index (κ3) is 5.14. The van der Waals surface area contributed by atoms with Crippen molar-refractivity contribution in [3.05, 3.63) is 71.3 Å². The third-order valence-corrected chi connectivity index (χ3v) is 5.60. The highest BCUT2D eigenvalue weighted by molar-refractivity contribution is 7.19. The van der Waals surface area contributed by atoms with Gasteiger partial charge in [-0.3, -0.25) is 4.79 Å². The molecule has 0 aromatic heterocycles. The van der Waals surface area contributed by atoms with Gasteiger partial charge < -0.3 is 0 Å². The van der Waals surface area contributed by atoms with E-state index in [1.54, 1.807) is 0 Å². The molecule has 0 atom stereocenters. The van der Waals surface area contributed by atoms with Crippen LogP contribution in [0.15, 0.2) is 54.6 Å². The van der Waals surface area contributed by atoms with Crippen LogP contribution in [-0.4, -0.2) is 13.2 Å². The summed E-state index contributed by atoms with van der Waals surface area (Å²) in [5.74, 6) is 0.0800. The van der Waals surface area contributed by atoms with Gasteiger partial charge in [0.2, 0.25) is 0 Å². The molecule has 0 aliphatic rings. The molecule has 0 saturated carbocycles. The van der Waals surface area contributed by atoms with E-state index in [-0.39, 0.29) is 5.78 Å². The van der Waals surface area contributed by atoms with Crippen LogP contribution in [0.5, 0.6) is 0 Å². The Morgan fingerprint density at radius 3 is 2.10 bits per heavy atom. The normalized spacial score (nSPS) is 11.4. The molecule has 2 rings (SSSR count). The lowest BCUT2D eigenvalue weighted by Gasteiger charge is -2.12. The van der Waals surface area contributed by atoms with Crippen molar-refractivity contribution in [1.82, 2.24) is 0 Å². The summed E-state index contributed by atoms with van der Waals surface area (Å²) in [5, 5.41) is 0. The number of carbonyl (C=O) groups is 1. The van der Waals surface area contributed by atoms with Crippen molar-refractivity contribution < 1.29 is 4.79 Å². The molecule has 0 saturated heterocycles. The number of halogens is 1. The SMILES string of the molecule is C[Si](C)(Cl)CCCc1ccc(C(=O)c2ccccc2)cc1. The number of hydrogen-bond acceptors (Lipinski definition) is 1. The topological polar surface area (TPSA) is 17.1 Å². The van der Waals surface area contributed by atoms with Gasteiger partial charge in [-0.1, -0.05) is 74.1 Å². The van der Waals surface area contributed by atoms with Crippen LogP contribution in [0.4, 0.5) is 0 Å². The predicted molar refractivity (Wildman–Crippen MR) is 92.8 cm³/mol. The van der Waals surface area contributed by atoms with Crippen LogP contribution in [0.25, 0.3) is 0 Å². The van der Waals surface area contributed by atoms with Crippen LogP contribution < -0.4 is 0 Å². The standard InChI is InChI=1S/C18H21ClOSi/c1-21(2,19)14-6-7-15-10-12-17(13-11-15)18(20)16-8-4-3-5-9-16/h3-5,8-13H,6-7,14H2,1-2H3. The lowest BCUT2D eigenvalue weighted by atomic mass is 10.0. The number of aryl methyl sites for hydroxylation is 1. The van der Waals surface area contributed by atoms with Crippen LogP contribution >= 0.6 is 11.1 Å². The van der Waals surface area contributed by atoms with Crippen molar-refractivity contribution in [3.63, 3.8) is 0 Å². The van der Waals surface area contributed by atoms with E-state index < -0.39 is 7.38 Å². The maximum absolute atomic E-state index is 12.3. The van der Waals surface area contributed by atoms with Crippen LogP contribution in [0.2, 0.25) is 19.1 Å². The Hall–Kier alpha value is -1.38. The van der Waals surface area contributed by atoms with E-state index in [1.165, 1.54) is 5.56 Å². The van der Waals surface area contributed by atoms with E-state index >= 15 is 0 Å². The van der Waals surface area contributed by atoms with E-state index in [0.29, 0.717) is 0 Å². The molecule has 0 spiro atoms. The second-order valence-electron chi connectivity index (χ2n) is 5.96. The number of hydrogen-bond donors (Lipinski definition) is 0. The number of ketones is 1. The van der Waals surface area contributed by atoms with E-state index in [9.17, 15) is 4.79 Å². The molecule has 2 aromatic carbocycles. The van der Waals surface area contributed by atoms with Crippen LogP contribution in [0.3, 0.4) is 0 Å². The molecule has 1 nitrogen and oxygen atoms in total. The average Bonchev–Trinajstić information content (AvgIpc) is 2.47. The molecule has 0 amide bonds. The first kappa shape index (κ1) is 16.0. The Labute approximate surface area is 132 Å². The van der Waals surface area contributed by atoms with Crippen LogP contribution in [-0.2, 0) is 6.42 Å². The molecule has 0 radical (unpaired) electrons. The van der Waals surface area contributed by atoms with Gasteiger partial charge in [-0.25, -0.2) is 0 Å². The van der Waals surface area contributed by atoms with Crippen molar-refractivity contribution >= 4 is 24.2 Å². The zero-order chi connectivity index (χ0) is 15.3. The number of carbonyl (C=O) groups excluding carboxylic acids is 1. The molecule has 110 valence electrons. The molecule has 0 N–H and O–H groups in total. The number of benzene rings is 2. The van der Waals surface area contributed by atoms with Gasteiger partial charge in [0.1, 0.15) is 0 Å². The molecule has 0 aliphatic heterocycles. The molecule has 0 fully saturated rings. The van der Waals surface area contributed by atoms with Gasteiger partial charge in [0.15, 0.2) is 13.2 Å². The fraction of sp³-hybridized carbons (Fsp3) is 0.278. The maximum Gasteiger partial charge on any atom is 0.193 e. The average molecular weight is 317 g/mol. The van der Waals surface area contributed by atoms with Gasteiger partial charge in [-0.2, -0.15) is 11.1 Å². The maximum atomic E-state index is 12.3. The van der Waals surface area contributed by atoms with Gasteiger partial charge in [-0.05, 0) is 18.0 Å². The monoisotopic (exact) mass is 316 g/mol.